The highest BCUT2D eigenvalue weighted by Gasteiger charge is 2.17. The smallest absolute Gasteiger partial charge is 0.261 e. The third kappa shape index (κ3) is 4.10. The van der Waals surface area contributed by atoms with Gasteiger partial charge < -0.3 is 5.32 Å². The number of fused-ring (bicyclic) bond motifs is 1. The van der Waals surface area contributed by atoms with Crippen molar-refractivity contribution < 1.29 is 4.79 Å². The zero-order chi connectivity index (χ0) is 19.5. The first-order valence-electron chi connectivity index (χ1n) is 9.19. The van der Waals surface area contributed by atoms with Crippen LogP contribution in [-0.4, -0.2) is 27.0 Å². The third-order valence-corrected chi connectivity index (χ3v) is 7.65. The van der Waals surface area contributed by atoms with Gasteiger partial charge >= 0.3 is 0 Å². The normalized spacial score (nSPS) is 14.9. The van der Waals surface area contributed by atoms with Gasteiger partial charge in [-0.2, -0.15) is 0 Å². The van der Waals surface area contributed by atoms with Crippen LogP contribution in [0.1, 0.15) is 22.1 Å². The van der Waals surface area contributed by atoms with E-state index in [-0.39, 0.29) is 18.0 Å². The molecule has 5 nitrogen and oxygen atoms in total. The minimum absolute atomic E-state index is 0.0626. The standard InChI is InChI=1S/C21H21N3O2S2/c1-14-5-2-8-17-19(14)22-13-24(20(17)26)12-18(25)23-16-7-3-6-15(11-16)21-27-9-4-10-28-21/h2-3,5-8,11,13,21H,4,9-10,12H2,1H3,(H,23,25). The molecule has 4 rings (SSSR count). The number of nitrogens with one attached hydrogen (secondary N) is 1. The molecule has 0 atom stereocenters. The summed E-state index contributed by atoms with van der Waals surface area (Å²) in [5.41, 5.74) is 3.40. The Morgan fingerprint density at radius 2 is 2.00 bits per heavy atom. The van der Waals surface area contributed by atoms with Crippen LogP contribution in [0.5, 0.6) is 0 Å². The van der Waals surface area contributed by atoms with Crippen LogP contribution in [0.3, 0.4) is 0 Å². The van der Waals surface area contributed by atoms with Crippen LogP contribution < -0.4 is 10.9 Å². The molecular formula is C21H21N3O2S2. The lowest BCUT2D eigenvalue weighted by atomic mass is 10.1. The summed E-state index contributed by atoms with van der Waals surface area (Å²) in [6, 6.07) is 13.5. The maximum Gasteiger partial charge on any atom is 0.261 e. The predicted octanol–water partition coefficient (Wildman–Crippen LogP) is 4.21. The largest absolute Gasteiger partial charge is 0.325 e. The molecule has 0 bridgehead atoms. The number of hydrogen-bond acceptors (Lipinski definition) is 5. The quantitative estimate of drug-likeness (QED) is 0.697. The maximum atomic E-state index is 12.7. The molecule has 144 valence electrons. The van der Waals surface area contributed by atoms with Gasteiger partial charge in [0.2, 0.25) is 5.91 Å². The number of benzene rings is 2. The Kier molecular flexibility index (Phi) is 5.73. The molecule has 1 N–H and O–H groups in total. The van der Waals surface area contributed by atoms with Crippen molar-refractivity contribution >= 4 is 46.0 Å². The van der Waals surface area contributed by atoms with Crippen molar-refractivity contribution in [1.29, 1.82) is 0 Å². The number of aryl methyl sites for hydroxylation is 1. The summed E-state index contributed by atoms with van der Waals surface area (Å²) in [6.45, 7) is 1.86. The highest BCUT2D eigenvalue weighted by atomic mass is 32.2. The van der Waals surface area contributed by atoms with E-state index in [1.54, 1.807) is 6.07 Å². The number of thioether (sulfide) groups is 2. The number of anilines is 1. The summed E-state index contributed by atoms with van der Waals surface area (Å²) in [7, 11) is 0. The van der Waals surface area contributed by atoms with Gasteiger partial charge in [-0.25, -0.2) is 4.98 Å². The molecule has 2 aromatic carbocycles. The number of carbonyl (C=O) groups is 1. The predicted molar refractivity (Wildman–Crippen MR) is 118 cm³/mol. The molecule has 0 saturated carbocycles. The monoisotopic (exact) mass is 411 g/mol. The minimum atomic E-state index is -0.239. The summed E-state index contributed by atoms with van der Waals surface area (Å²) < 4.78 is 1.77. The molecule has 1 amide bonds. The SMILES string of the molecule is Cc1cccc2c(=O)n(CC(=O)Nc3cccc(C4SCCCS4)c3)cnc12. The van der Waals surface area contributed by atoms with Gasteiger partial charge in [-0.05, 0) is 54.2 Å². The van der Waals surface area contributed by atoms with Crippen molar-refractivity contribution in [2.75, 3.05) is 16.8 Å². The Morgan fingerprint density at radius 3 is 2.82 bits per heavy atom. The van der Waals surface area contributed by atoms with E-state index in [1.165, 1.54) is 34.4 Å². The van der Waals surface area contributed by atoms with Crippen LogP contribution in [0, 0.1) is 6.92 Å². The zero-order valence-corrected chi connectivity index (χ0v) is 17.2. The minimum Gasteiger partial charge on any atom is -0.325 e. The van der Waals surface area contributed by atoms with Gasteiger partial charge in [-0.3, -0.25) is 14.2 Å². The van der Waals surface area contributed by atoms with E-state index >= 15 is 0 Å². The van der Waals surface area contributed by atoms with Crippen LogP contribution in [-0.2, 0) is 11.3 Å². The average molecular weight is 412 g/mol. The van der Waals surface area contributed by atoms with Crippen molar-refractivity contribution in [3.05, 3.63) is 70.3 Å². The fraction of sp³-hybridized carbons (Fsp3) is 0.286. The second kappa shape index (κ2) is 8.41. The third-order valence-electron chi connectivity index (χ3n) is 4.64. The summed E-state index contributed by atoms with van der Waals surface area (Å²) in [5.74, 6) is 2.11. The number of para-hydroxylation sites is 1. The van der Waals surface area contributed by atoms with Gasteiger partial charge in [-0.1, -0.05) is 24.3 Å². The van der Waals surface area contributed by atoms with E-state index in [9.17, 15) is 9.59 Å². The fourth-order valence-corrected chi connectivity index (χ4v) is 6.12. The van der Waals surface area contributed by atoms with Gasteiger partial charge in [-0.15, -0.1) is 23.5 Å². The average Bonchev–Trinajstić information content (AvgIpc) is 2.71. The van der Waals surface area contributed by atoms with E-state index in [1.807, 2.05) is 60.8 Å². The summed E-state index contributed by atoms with van der Waals surface area (Å²) in [6.07, 6.45) is 2.69. The fourth-order valence-electron chi connectivity index (χ4n) is 3.25. The zero-order valence-electron chi connectivity index (χ0n) is 15.6. The molecule has 0 aliphatic carbocycles. The molecule has 0 unspecified atom stereocenters. The molecule has 28 heavy (non-hydrogen) atoms. The molecule has 2 heterocycles. The maximum absolute atomic E-state index is 12.7. The number of carbonyl (C=O) groups excluding carboxylic acids is 1. The lowest BCUT2D eigenvalue weighted by Crippen LogP contribution is -2.28. The van der Waals surface area contributed by atoms with E-state index in [4.69, 9.17) is 0 Å². The van der Waals surface area contributed by atoms with Crippen molar-refractivity contribution in [3.8, 4) is 0 Å². The number of hydrogen-bond donors (Lipinski definition) is 1. The van der Waals surface area contributed by atoms with E-state index in [0.29, 0.717) is 15.5 Å². The molecule has 1 saturated heterocycles. The van der Waals surface area contributed by atoms with Gasteiger partial charge in [0.15, 0.2) is 0 Å². The molecule has 0 spiro atoms. The molecule has 1 aromatic heterocycles. The lowest BCUT2D eigenvalue weighted by molar-refractivity contribution is -0.116. The first-order chi connectivity index (χ1) is 13.6. The second-order valence-corrected chi connectivity index (χ2v) is 9.47. The first kappa shape index (κ1) is 19.1. The van der Waals surface area contributed by atoms with Crippen LogP contribution in [0.15, 0.2) is 53.6 Å². The molecule has 0 radical (unpaired) electrons. The van der Waals surface area contributed by atoms with E-state index < -0.39 is 0 Å². The summed E-state index contributed by atoms with van der Waals surface area (Å²) in [5, 5.41) is 3.44. The van der Waals surface area contributed by atoms with Crippen LogP contribution in [0.2, 0.25) is 0 Å². The molecule has 7 heteroatoms. The Hall–Kier alpha value is -2.25. The van der Waals surface area contributed by atoms with Crippen molar-refractivity contribution in [3.63, 3.8) is 0 Å². The topological polar surface area (TPSA) is 64.0 Å². The molecule has 1 aliphatic heterocycles. The van der Waals surface area contributed by atoms with Gasteiger partial charge in [0.25, 0.3) is 5.56 Å². The van der Waals surface area contributed by atoms with Gasteiger partial charge in [0.1, 0.15) is 6.54 Å². The Balaban J connectivity index is 1.50. The first-order valence-corrected chi connectivity index (χ1v) is 11.3. The van der Waals surface area contributed by atoms with Gasteiger partial charge in [0, 0.05) is 5.69 Å². The summed E-state index contributed by atoms with van der Waals surface area (Å²) in [4.78, 5) is 29.5. The molecule has 1 aliphatic rings. The van der Waals surface area contributed by atoms with Crippen LogP contribution in [0.4, 0.5) is 5.69 Å². The number of nitrogens with zero attached hydrogens (tertiary/aromatic N) is 2. The molecule has 3 aromatic rings. The number of rotatable bonds is 4. The highest BCUT2D eigenvalue weighted by molar-refractivity contribution is 8.16. The summed E-state index contributed by atoms with van der Waals surface area (Å²) >= 11 is 3.89. The second-order valence-electron chi connectivity index (χ2n) is 6.75. The van der Waals surface area contributed by atoms with Crippen molar-refractivity contribution in [1.82, 2.24) is 9.55 Å². The molecule has 1 fully saturated rings. The van der Waals surface area contributed by atoms with E-state index in [0.717, 1.165) is 11.3 Å². The van der Waals surface area contributed by atoms with Crippen LogP contribution in [0.25, 0.3) is 10.9 Å². The lowest BCUT2D eigenvalue weighted by Gasteiger charge is -2.21. The van der Waals surface area contributed by atoms with Crippen LogP contribution >= 0.6 is 23.5 Å². The van der Waals surface area contributed by atoms with Crippen molar-refractivity contribution in [2.45, 2.75) is 24.5 Å². The van der Waals surface area contributed by atoms with Crippen molar-refractivity contribution in [2.24, 2.45) is 0 Å². The number of aromatic nitrogens is 2. The Bertz CT molecular complexity index is 1070. The highest BCUT2D eigenvalue weighted by Crippen LogP contribution is 2.44. The van der Waals surface area contributed by atoms with E-state index in [2.05, 4.69) is 16.4 Å². The number of amides is 1. The molecular weight excluding hydrogens is 390 g/mol. The Morgan fingerprint density at radius 1 is 1.21 bits per heavy atom. The van der Waals surface area contributed by atoms with Gasteiger partial charge in [0.05, 0.1) is 21.8 Å². The Labute approximate surface area is 171 Å².